The zero-order chi connectivity index (χ0) is 21.4. The van der Waals surface area contributed by atoms with Crippen LogP contribution in [-0.2, 0) is 25.7 Å². The van der Waals surface area contributed by atoms with E-state index in [1.165, 1.54) is 4.90 Å². The Morgan fingerprint density at radius 3 is 2.38 bits per heavy atom. The number of alkyl halides is 3. The van der Waals surface area contributed by atoms with Gasteiger partial charge in [0.2, 0.25) is 0 Å². The molecule has 0 saturated carbocycles. The van der Waals surface area contributed by atoms with Crippen LogP contribution in [0.3, 0.4) is 0 Å². The Hall–Kier alpha value is -2.55. The maximum absolute atomic E-state index is 12.2. The zero-order valence-electron chi connectivity index (χ0n) is 15.4. The molecule has 0 spiro atoms. The number of hydrogen-bond acceptors (Lipinski definition) is 5. The molecule has 2 rings (SSSR count). The third-order valence-corrected chi connectivity index (χ3v) is 4.58. The van der Waals surface area contributed by atoms with E-state index >= 15 is 0 Å². The van der Waals surface area contributed by atoms with Crippen LogP contribution in [0, 0.1) is 5.92 Å². The number of likely N-dealkylation sites (tertiary alicyclic amines) is 1. The van der Waals surface area contributed by atoms with Gasteiger partial charge in [-0.25, -0.2) is 0 Å². The van der Waals surface area contributed by atoms with Crippen LogP contribution < -0.4 is 5.32 Å². The number of esters is 1. The van der Waals surface area contributed by atoms with Gasteiger partial charge in [-0.2, -0.15) is 13.2 Å². The van der Waals surface area contributed by atoms with Gasteiger partial charge in [0.15, 0.2) is 6.61 Å². The predicted octanol–water partition coefficient (Wildman–Crippen LogP) is 2.86. The molecule has 1 aliphatic rings. The minimum absolute atomic E-state index is 0.273. The van der Waals surface area contributed by atoms with Crippen molar-refractivity contribution >= 4 is 29.3 Å². The molecule has 1 amide bonds. The summed E-state index contributed by atoms with van der Waals surface area (Å²) in [6, 6.07) is 6.92. The lowest BCUT2D eigenvalue weighted by Crippen LogP contribution is -2.36. The number of carbonyl (C=O) groups excluding carboxylic acids is 3. The molecule has 1 fully saturated rings. The number of amides is 1. The number of ketones is 1. The average molecular weight is 433 g/mol. The molecule has 1 N–H and O–H groups in total. The van der Waals surface area contributed by atoms with E-state index in [-0.39, 0.29) is 6.54 Å². The third kappa shape index (κ3) is 7.77. The van der Waals surface area contributed by atoms with E-state index in [9.17, 15) is 27.6 Å². The van der Waals surface area contributed by atoms with Crippen molar-refractivity contribution in [2.24, 2.45) is 5.92 Å². The van der Waals surface area contributed by atoms with Gasteiger partial charge in [-0.1, -0.05) is 23.7 Å². The molecule has 158 valence electrons. The van der Waals surface area contributed by atoms with Crippen molar-refractivity contribution in [2.45, 2.75) is 25.6 Å². The van der Waals surface area contributed by atoms with Gasteiger partial charge in [0, 0.05) is 36.9 Å². The highest BCUT2D eigenvalue weighted by atomic mass is 35.5. The first kappa shape index (κ1) is 22.7. The van der Waals surface area contributed by atoms with Crippen LogP contribution in [-0.4, -0.2) is 48.4 Å². The summed E-state index contributed by atoms with van der Waals surface area (Å²) in [6.45, 7) is 0.482. The highest BCUT2D eigenvalue weighted by molar-refractivity contribution is 6.30. The largest absolute Gasteiger partial charge is 0.455 e. The quantitative estimate of drug-likeness (QED) is 0.529. The Kier molecular flexibility index (Phi) is 8.07. The zero-order valence-corrected chi connectivity index (χ0v) is 16.1. The predicted molar refractivity (Wildman–Crippen MR) is 98.8 cm³/mol. The lowest BCUT2D eigenvalue weighted by molar-refractivity contribution is -0.165. The Morgan fingerprint density at radius 2 is 1.79 bits per heavy atom. The summed E-state index contributed by atoms with van der Waals surface area (Å²) < 4.78 is 41.5. The number of halogens is 4. The van der Waals surface area contributed by atoms with E-state index < -0.39 is 36.4 Å². The summed E-state index contributed by atoms with van der Waals surface area (Å²) in [7, 11) is 0. The summed E-state index contributed by atoms with van der Waals surface area (Å²) in [5.41, 5.74) is 0.846. The smallest absolute Gasteiger partial charge is 0.454 e. The molecule has 0 unspecified atom stereocenters. The molecule has 1 aromatic rings. The SMILES string of the molecule is O=C(COC(=O)C1CCN(C=CC(=O)C(F)(F)F)CC1)NCc1ccc(Cl)cc1. The molecule has 0 radical (unpaired) electrons. The van der Waals surface area contributed by atoms with Crippen LogP contribution in [0.2, 0.25) is 5.02 Å². The number of ether oxygens (including phenoxy) is 1. The maximum atomic E-state index is 12.2. The minimum Gasteiger partial charge on any atom is -0.455 e. The van der Waals surface area contributed by atoms with Gasteiger partial charge in [-0.3, -0.25) is 14.4 Å². The van der Waals surface area contributed by atoms with Crippen LogP contribution in [0.25, 0.3) is 0 Å². The molecule has 0 bridgehead atoms. The second kappa shape index (κ2) is 10.3. The molecular formula is C19H20ClF3N2O4. The summed E-state index contributed by atoms with van der Waals surface area (Å²) >= 11 is 5.78. The van der Waals surface area contributed by atoms with Gasteiger partial charge in [0.25, 0.3) is 11.7 Å². The molecule has 0 atom stereocenters. The molecule has 1 aliphatic heterocycles. The number of benzene rings is 1. The van der Waals surface area contributed by atoms with Gasteiger partial charge >= 0.3 is 12.1 Å². The Morgan fingerprint density at radius 1 is 1.17 bits per heavy atom. The average Bonchev–Trinajstić information content (AvgIpc) is 2.69. The van der Waals surface area contributed by atoms with Gasteiger partial charge in [0.1, 0.15) is 0 Å². The van der Waals surface area contributed by atoms with Crippen LogP contribution >= 0.6 is 11.6 Å². The minimum atomic E-state index is -4.90. The van der Waals surface area contributed by atoms with Crippen molar-refractivity contribution < 1.29 is 32.3 Å². The highest BCUT2D eigenvalue weighted by Crippen LogP contribution is 2.20. The molecule has 0 aliphatic carbocycles. The summed E-state index contributed by atoms with van der Waals surface area (Å²) in [4.78, 5) is 36.2. The lowest BCUT2D eigenvalue weighted by Gasteiger charge is -2.29. The molecule has 0 aromatic heterocycles. The van der Waals surface area contributed by atoms with Crippen LogP contribution in [0.5, 0.6) is 0 Å². The first-order valence-corrected chi connectivity index (χ1v) is 9.24. The second-order valence-corrected chi connectivity index (χ2v) is 6.94. The Balaban J connectivity index is 1.67. The Bertz CT molecular complexity index is 758. The molecule has 1 aromatic carbocycles. The number of rotatable bonds is 7. The normalized spacial score (nSPS) is 15.4. The van der Waals surface area contributed by atoms with Crippen molar-refractivity contribution in [3.63, 3.8) is 0 Å². The van der Waals surface area contributed by atoms with E-state index in [0.29, 0.717) is 37.0 Å². The molecule has 6 nitrogen and oxygen atoms in total. The monoisotopic (exact) mass is 432 g/mol. The van der Waals surface area contributed by atoms with E-state index in [1.54, 1.807) is 24.3 Å². The van der Waals surface area contributed by atoms with E-state index in [0.717, 1.165) is 11.8 Å². The fourth-order valence-electron chi connectivity index (χ4n) is 2.66. The van der Waals surface area contributed by atoms with Crippen molar-refractivity contribution in [2.75, 3.05) is 19.7 Å². The van der Waals surface area contributed by atoms with Gasteiger partial charge in [-0.15, -0.1) is 0 Å². The number of nitrogens with zero attached hydrogens (tertiary/aromatic N) is 1. The summed E-state index contributed by atoms with van der Waals surface area (Å²) in [6.07, 6.45) is -2.62. The number of piperidine rings is 1. The van der Waals surface area contributed by atoms with Crippen molar-refractivity contribution in [1.29, 1.82) is 0 Å². The molecular weight excluding hydrogens is 413 g/mol. The molecule has 10 heteroatoms. The molecule has 29 heavy (non-hydrogen) atoms. The first-order chi connectivity index (χ1) is 13.6. The fraction of sp³-hybridized carbons (Fsp3) is 0.421. The van der Waals surface area contributed by atoms with Crippen molar-refractivity contribution in [3.05, 3.63) is 47.1 Å². The van der Waals surface area contributed by atoms with Crippen molar-refractivity contribution in [3.8, 4) is 0 Å². The maximum Gasteiger partial charge on any atom is 0.454 e. The van der Waals surface area contributed by atoms with Gasteiger partial charge in [-0.05, 0) is 30.5 Å². The lowest BCUT2D eigenvalue weighted by atomic mass is 9.97. The fourth-order valence-corrected chi connectivity index (χ4v) is 2.79. The van der Waals surface area contributed by atoms with E-state index in [2.05, 4.69) is 5.32 Å². The number of allylic oxidation sites excluding steroid dienone is 1. The van der Waals surface area contributed by atoms with Gasteiger partial charge < -0.3 is 15.0 Å². The number of carbonyl (C=O) groups is 3. The Labute approximate surface area is 170 Å². The topological polar surface area (TPSA) is 75.7 Å². The molecule has 1 heterocycles. The van der Waals surface area contributed by atoms with Gasteiger partial charge in [0.05, 0.1) is 5.92 Å². The highest BCUT2D eigenvalue weighted by Gasteiger charge is 2.36. The molecule has 1 saturated heterocycles. The van der Waals surface area contributed by atoms with Crippen LogP contribution in [0.4, 0.5) is 13.2 Å². The van der Waals surface area contributed by atoms with Crippen LogP contribution in [0.1, 0.15) is 18.4 Å². The van der Waals surface area contributed by atoms with E-state index in [4.69, 9.17) is 16.3 Å². The third-order valence-electron chi connectivity index (χ3n) is 4.33. The summed E-state index contributed by atoms with van der Waals surface area (Å²) in [5.74, 6) is -3.34. The first-order valence-electron chi connectivity index (χ1n) is 8.86. The second-order valence-electron chi connectivity index (χ2n) is 6.50. The van der Waals surface area contributed by atoms with Crippen molar-refractivity contribution in [1.82, 2.24) is 10.2 Å². The van der Waals surface area contributed by atoms with E-state index in [1.807, 2.05) is 0 Å². The standard InChI is InChI=1S/C19H20ClF3N2O4/c20-15-3-1-13(2-4-15)11-24-17(27)12-29-18(28)14-5-8-25(9-6-14)10-7-16(26)19(21,22)23/h1-4,7,10,14H,5-6,8-9,11-12H2,(H,24,27). The number of hydrogen-bond donors (Lipinski definition) is 1. The van der Waals surface area contributed by atoms with Crippen LogP contribution in [0.15, 0.2) is 36.5 Å². The summed E-state index contributed by atoms with van der Waals surface area (Å²) in [5, 5.41) is 3.21. The number of nitrogens with one attached hydrogen (secondary N) is 1.